The molecular weight excluding hydrogens is 480 g/mol. The van der Waals surface area contributed by atoms with Gasteiger partial charge in [0.05, 0.1) is 11.6 Å². The number of fused-ring (bicyclic) bond motifs is 1. The summed E-state index contributed by atoms with van der Waals surface area (Å²) in [5.41, 5.74) is 2.75. The Bertz CT molecular complexity index is 1340. The van der Waals surface area contributed by atoms with Gasteiger partial charge >= 0.3 is 0 Å². The topological polar surface area (TPSA) is 98.9 Å². The predicted octanol–water partition coefficient (Wildman–Crippen LogP) is 3.39. The first kappa shape index (κ1) is 25.9. The summed E-state index contributed by atoms with van der Waals surface area (Å²) in [6.07, 6.45) is 7.66. The third kappa shape index (κ3) is 5.57. The molecule has 38 heavy (non-hydrogen) atoms. The van der Waals surface area contributed by atoms with Crippen LogP contribution in [0.1, 0.15) is 49.4 Å². The number of ether oxygens (including phenoxy) is 1. The highest BCUT2D eigenvalue weighted by atomic mass is 16.5. The van der Waals surface area contributed by atoms with Crippen LogP contribution >= 0.6 is 0 Å². The number of aromatic nitrogens is 3. The van der Waals surface area contributed by atoms with E-state index in [1.54, 1.807) is 18.3 Å². The summed E-state index contributed by atoms with van der Waals surface area (Å²) in [7, 11) is 2.13. The number of likely N-dealkylation sites (tertiary alicyclic amines) is 2. The molecule has 0 aliphatic carbocycles. The number of hydrogen-bond acceptors (Lipinski definition) is 7. The van der Waals surface area contributed by atoms with E-state index >= 15 is 0 Å². The van der Waals surface area contributed by atoms with Crippen LogP contribution in [-0.4, -0.2) is 75.5 Å². The zero-order chi connectivity index (χ0) is 26.6. The molecule has 2 aliphatic heterocycles. The maximum atomic E-state index is 13.2. The molecular formula is C29H35N6O3-. The number of piperidine rings is 1. The maximum absolute atomic E-state index is 13.2. The number of imidazole rings is 1. The minimum atomic E-state index is -0.377. The molecule has 0 radical (unpaired) electrons. The van der Waals surface area contributed by atoms with Crippen molar-refractivity contribution in [1.29, 1.82) is 0 Å². The monoisotopic (exact) mass is 515 g/mol. The molecule has 0 bridgehead atoms. The van der Waals surface area contributed by atoms with Gasteiger partial charge in [0, 0.05) is 38.1 Å². The summed E-state index contributed by atoms with van der Waals surface area (Å²) in [5.74, 6) is 0.601. The number of nitrogens with zero attached hydrogens (tertiary/aromatic N) is 6. The predicted molar refractivity (Wildman–Crippen MR) is 146 cm³/mol. The van der Waals surface area contributed by atoms with Gasteiger partial charge in [-0.3, -0.25) is 9.78 Å². The SMILES string of the molecule is C=CC(=O)N1CCCC[C@@H](n2c(/N=C(\[O-])c3ccnc(C)c3)nc3cccc(OC4CCN(C)CC4)c32)C1. The van der Waals surface area contributed by atoms with Crippen LogP contribution in [0.5, 0.6) is 5.75 Å². The molecule has 1 amide bonds. The van der Waals surface area contributed by atoms with Crippen LogP contribution in [-0.2, 0) is 4.79 Å². The maximum Gasteiger partial charge on any atom is 0.246 e. The number of rotatable bonds is 6. The number of aliphatic imine (C=N–C) groups is 1. The highest BCUT2D eigenvalue weighted by molar-refractivity contribution is 5.93. The van der Waals surface area contributed by atoms with E-state index in [0.717, 1.165) is 67.7 Å². The first-order valence-electron chi connectivity index (χ1n) is 13.4. The highest BCUT2D eigenvalue weighted by Gasteiger charge is 2.28. The third-order valence-electron chi connectivity index (χ3n) is 7.46. The van der Waals surface area contributed by atoms with Crippen molar-refractivity contribution >= 4 is 28.8 Å². The molecule has 9 heteroatoms. The van der Waals surface area contributed by atoms with Gasteiger partial charge in [0.2, 0.25) is 11.9 Å². The summed E-state index contributed by atoms with van der Waals surface area (Å²) in [4.78, 5) is 30.2. The molecule has 2 fully saturated rings. The molecule has 9 nitrogen and oxygen atoms in total. The Morgan fingerprint density at radius 1 is 1.18 bits per heavy atom. The summed E-state index contributed by atoms with van der Waals surface area (Å²) < 4.78 is 8.60. The van der Waals surface area contributed by atoms with Gasteiger partial charge in [-0.2, -0.15) is 0 Å². The fourth-order valence-corrected chi connectivity index (χ4v) is 5.40. The Balaban J connectivity index is 1.61. The van der Waals surface area contributed by atoms with Gasteiger partial charge in [0.1, 0.15) is 17.4 Å². The number of aryl methyl sites for hydroxylation is 1. The molecule has 0 unspecified atom stereocenters. The van der Waals surface area contributed by atoms with Gasteiger partial charge in [-0.25, -0.2) is 9.98 Å². The van der Waals surface area contributed by atoms with Crippen molar-refractivity contribution in [2.24, 2.45) is 4.99 Å². The van der Waals surface area contributed by atoms with E-state index in [1.807, 2.05) is 34.6 Å². The molecule has 0 spiro atoms. The first-order chi connectivity index (χ1) is 18.4. The van der Waals surface area contributed by atoms with Crippen LogP contribution in [0.4, 0.5) is 5.95 Å². The molecule has 2 aliphatic rings. The minimum Gasteiger partial charge on any atom is -0.858 e. The van der Waals surface area contributed by atoms with Gasteiger partial charge in [-0.05, 0) is 87.9 Å². The van der Waals surface area contributed by atoms with Crippen molar-refractivity contribution in [1.82, 2.24) is 24.3 Å². The van der Waals surface area contributed by atoms with Gasteiger partial charge in [0.25, 0.3) is 0 Å². The molecule has 200 valence electrons. The van der Waals surface area contributed by atoms with Crippen LogP contribution in [0, 0.1) is 6.92 Å². The van der Waals surface area contributed by atoms with Crippen molar-refractivity contribution in [2.75, 3.05) is 33.2 Å². The number of hydrogen-bond donors (Lipinski definition) is 0. The zero-order valence-corrected chi connectivity index (χ0v) is 22.2. The summed E-state index contributed by atoms with van der Waals surface area (Å²) in [6, 6.07) is 9.11. The first-order valence-corrected chi connectivity index (χ1v) is 13.4. The molecule has 0 saturated carbocycles. The molecule has 3 aromatic rings. The van der Waals surface area contributed by atoms with Crippen molar-refractivity contribution in [2.45, 2.75) is 51.2 Å². The van der Waals surface area contributed by atoms with E-state index in [0.29, 0.717) is 24.6 Å². The number of amides is 1. The number of pyridine rings is 1. The minimum absolute atomic E-state index is 0.0917. The quantitative estimate of drug-likeness (QED) is 0.284. The lowest BCUT2D eigenvalue weighted by atomic mass is 10.1. The van der Waals surface area contributed by atoms with Gasteiger partial charge in [-0.1, -0.05) is 12.6 Å². The zero-order valence-electron chi connectivity index (χ0n) is 22.2. The number of para-hydroxylation sites is 1. The van der Waals surface area contributed by atoms with Crippen molar-refractivity contribution in [3.05, 3.63) is 60.4 Å². The van der Waals surface area contributed by atoms with E-state index in [9.17, 15) is 9.90 Å². The highest BCUT2D eigenvalue weighted by Crippen LogP contribution is 2.37. The summed E-state index contributed by atoms with van der Waals surface area (Å²) in [5, 5.41) is 13.2. The van der Waals surface area contributed by atoms with Crippen molar-refractivity contribution in [3.8, 4) is 5.75 Å². The van der Waals surface area contributed by atoms with Crippen LogP contribution in [0.25, 0.3) is 11.0 Å². The molecule has 2 aromatic heterocycles. The lowest BCUT2D eigenvalue weighted by Gasteiger charge is -2.30. The molecule has 5 rings (SSSR count). The second kappa shape index (κ2) is 11.3. The second-order valence-electron chi connectivity index (χ2n) is 10.3. The smallest absolute Gasteiger partial charge is 0.246 e. The van der Waals surface area contributed by atoms with E-state index in [2.05, 4.69) is 28.5 Å². The third-order valence-corrected chi connectivity index (χ3v) is 7.46. The fourth-order valence-electron chi connectivity index (χ4n) is 5.40. The Kier molecular flexibility index (Phi) is 7.74. The Labute approximate surface area is 223 Å². The summed E-state index contributed by atoms with van der Waals surface area (Å²) in [6.45, 7) is 8.67. The molecule has 0 N–H and O–H groups in total. The number of carbonyl (C=O) groups excluding carboxylic acids is 1. The van der Waals surface area contributed by atoms with Crippen LogP contribution in [0.2, 0.25) is 0 Å². The molecule has 2 saturated heterocycles. The average molecular weight is 516 g/mol. The lowest BCUT2D eigenvalue weighted by Crippen LogP contribution is -2.36. The largest absolute Gasteiger partial charge is 0.858 e. The van der Waals surface area contributed by atoms with E-state index in [-0.39, 0.29) is 24.0 Å². The van der Waals surface area contributed by atoms with E-state index in [1.165, 1.54) is 6.08 Å². The van der Waals surface area contributed by atoms with Gasteiger partial charge < -0.3 is 24.2 Å². The molecule has 1 aromatic carbocycles. The van der Waals surface area contributed by atoms with E-state index in [4.69, 9.17) is 9.72 Å². The Morgan fingerprint density at radius 3 is 2.76 bits per heavy atom. The standard InChI is InChI=1S/C29H36N6O3/c1-4-26(36)34-15-6-5-8-22(19-34)35-27-24(9-7-10-25(27)38-23-12-16-33(3)17-13-23)31-29(35)32-28(37)21-11-14-30-20(2)18-21/h4,7,9-11,14,18,22-23H,1,5-6,8,12-13,15-17,19H2,2-3H3,(H,31,32,37)/p-1/t22-/m1/s1. The van der Waals surface area contributed by atoms with E-state index < -0.39 is 0 Å². The summed E-state index contributed by atoms with van der Waals surface area (Å²) >= 11 is 0. The van der Waals surface area contributed by atoms with Crippen LogP contribution < -0.4 is 9.84 Å². The van der Waals surface area contributed by atoms with Crippen molar-refractivity contribution in [3.63, 3.8) is 0 Å². The normalized spacial score (nSPS) is 19.9. The number of benzene rings is 1. The lowest BCUT2D eigenvalue weighted by molar-refractivity contribution is -0.212. The van der Waals surface area contributed by atoms with Gasteiger partial charge in [0.15, 0.2) is 0 Å². The second-order valence-corrected chi connectivity index (χ2v) is 10.3. The van der Waals surface area contributed by atoms with Crippen LogP contribution in [0.3, 0.4) is 0 Å². The Morgan fingerprint density at radius 2 is 2.00 bits per heavy atom. The van der Waals surface area contributed by atoms with Gasteiger partial charge in [-0.15, -0.1) is 0 Å². The Hall–Kier alpha value is -3.72. The fraction of sp³-hybridized carbons (Fsp3) is 0.448. The molecule has 4 heterocycles. The van der Waals surface area contributed by atoms with Crippen LogP contribution in [0.15, 0.2) is 54.2 Å². The average Bonchev–Trinajstić information content (AvgIpc) is 3.11. The number of carbonyl (C=O) groups is 1. The van der Waals surface area contributed by atoms with Crippen molar-refractivity contribution < 1.29 is 14.6 Å². The molecule has 1 atom stereocenters.